The van der Waals surface area contributed by atoms with Crippen molar-refractivity contribution in [1.29, 1.82) is 0 Å². The smallest absolute Gasteiger partial charge is 0.229 e. The quantitative estimate of drug-likeness (QED) is 0.501. The molecule has 0 N–H and O–H groups in total. The van der Waals surface area contributed by atoms with E-state index in [4.69, 9.17) is 0 Å². The number of rotatable bonds is 3. The Morgan fingerprint density at radius 1 is 1.54 bits per heavy atom. The number of hydrogen-bond acceptors (Lipinski definition) is 4. The first-order valence-electron chi connectivity index (χ1n) is 4.10. The Kier molecular flexibility index (Phi) is 3.39. The Bertz CT molecular complexity index is 338. The molecule has 0 aromatic rings. The molecule has 0 spiro atoms. The van der Waals surface area contributed by atoms with E-state index in [1.54, 1.807) is 6.08 Å². The van der Waals surface area contributed by atoms with Crippen LogP contribution >= 0.6 is 0 Å². The predicted molar refractivity (Wildman–Crippen MR) is 48.7 cm³/mol. The van der Waals surface area contributed by atoms with E-state index in [-0.39, 0.29) is 5.25 Å². The van der Waals surface area contributed by atoms with Gasteiger partial charge in [-0.3, -0.25) is 0 Å². The maximum atomic E-state index is 11.3. The van der Waals surface area contributed by atoms with Crippen LogP contribution in [0.3, 0.4) is 0 Å². The third-order valence-electron chi connectivity index (χ3n) is 2.09. The zero-order chi connectivity index (χ0) is 9.73. The van der Waals surface area contributed by atoms with Gasteiger partial charge in [-0.05, 0) is 19.3 Å². The fraction of sp³-hybridized carbons (Fsp3) is 0.625. The number of carbonyl (C=O) groups excluding carboxylic acids is 1. The summed E-state index contributed by atoms with van der Waals surface area (Å²) in [6, 6.07) is 0. The zero-order valence-electron chi connectivity index (χ0n) is 7.14. The Morgan fingerprint density at radius 3 is 2.85 bits per heavy atom. The molecule has 1 rings (SSSR count). The average Bonchev–Trinajstić information content (AvgIpc) is 2.40. The highest BCUT2D eigenvalue weighted by Gasteiger charge is 2.29. The summed E-state index contributed by atoms with van der Waals surface area (Å²) in [7, 11) is -2.87. The van der Waals surface area contributed by atoms with Crippen molar-refractivity contribution in [2.24, 2.45) is 4.99 Å². The summed E-state index contributed by atoms with van der Waals surface area (Å²) in [4.78, 5) is 12.9. The van der Waals surface area contributed by atoms with E-state index in [1.807, 2.05) is 0 Å². The molecule has 0 amide bonds. The van der Waals surface area contributed by atoms with Gasteiger partial charge < -0.3 is 0 Å². The fourth-order valence-electron chi connectivity index (χ4n) is 1.42. The first kappa shape index (κ1) is 10.2. The Morgan fingerprint density at radius 2 is 2.31 bits per heavy atom. The number of hydrogen-bond donors (Lipinski definition) is 0. The van der Waals surface area contributed by atoms with E-state index >= 15 is 0 Å². The van der Waals surface area contributed by atoms with Gasteiger partial charge in [0.05, 0.1) is 11.0 Å². The van der Waals surface area contributed by atoms with Crippen LogP contribution in [0.5, 0.6) is 0 Å². The second-order valence-electron chi connectivity index (χ2n) is 2.97. The van der Waals surface area contributed by atoms with E-state index in [2.05, 4.69) is 4.99 Å². The predicted octanol–water partition coefficient (Wildman–Crippen LogP) is 0.803. The minimum atomic E-state index is -2.87. The summed E-state index contributed by atoms with van der Waals surface area (Å²) in [5.74, 6) is 0.294. The first-order valence-corrected chi connectivity index (χ1v) is 5.82. The molecular weight excluding hydrogens is 190 g/mol. The molecule has 1 atom stereocenters. The highest BCUT2D eigenvalue weighted by atomic mass is 32.2. The Balaban J connectivity index is 2.50. The summed E-state index contributed by atoms with van der Waals surface area (Å²) in [6.45, 7) is 0. The van der Waals surface area contributed by atoms with Gasteiger partial charge in [0.25, 0.3) is 0 Å². The normalized spacial score (nSPS) is 26.0. The lowest BCUT2D eigenvalue weighted by atomic mass is 10.2. The van der Waals surface area contributed by atoms with Gasteiger partial charge in [-0.2, -0.15) is 4.99 Å². The van der Waals surface area contributed by atoms with Crippen molar-refractivity contribution in [1.82, 2.24) is 0 Å². The minimum Gasteiger partial charge on any atom is -0.229 e. The monoisotopic (exact) mass is 201 g/mol. The second-order valence-corrected chi connectivity index (χ2v) is 5.37. The van der Waals surface area contributed by atoms with Crippen LogP contribution in [0.2, 0.25) is 0 Å². The summed E-state index contributed by atoms with van der Waals surface area (Å²) in [5.41, 5.74) is 0. The van der Waals surface area contributed by atoms with Crippen LogP contribution in [-0.2, 0) is 14.6 Å². The van der Waals surface area contributed by atoms with E-state index < -0.39 is 9.84 Å². The molecule has 1 fully saturated rings. The molecular formula is C8H11NO3S. The van der Waals surface area contributed by atoms with Crippen molar-refractivity contribution in [3.8, 4) is 0 Å². The summed E-state index contributed by atoms with van der Waals surface area (Å²) in [6.07, 6.45) is 6.16. The average molecular weight is 201 g/mol. The number of sulfone groups is 1. The van der Waals surface area contributed by atoms with Crippen molar-refractivity contribution >= 4 is 15.9 Å². The largest absolute Gasteiger partial charge is 0.239 e. The highest BCUT2D eigenvalue weighted by molar-refractivity contribution is 7.92. The van der Waals surface area contributed by atoms with Crippen molar-refractivity contribution in [2.45, 2.75) is 24.5 Å². The van der Waals surface area contributed by atoms with Crippen molar-refractivity contribution in [3.63, 3.8) is 0 Å². The SMILES string of the molecule is O=C=N/C=C\CC1CCCS1(=O)=O. The van der Waals surface area contributed by atoms with Gasteiger partial charge in [0, 0.05) is 6.20 Å². The van der Waals surface area contributed by atoms with Crippen molar-refractivity contribution < 1.29 is 13.2 Å². The maximum Gasteiger partial charge on any atom is 0.239 e. The van der Waals surface area contributed by atoms with Gasteiger partial charge >= 0.3 is 0 Å². The van der Waals surface area contributed by atoms with Crippen LogP contribution in [0.15, 0.2) is 17.3 Å². The molecule has 13 heavy (non-hydrogen) atoms. The van der Waals surface area contributed by atoms with Crippen LogP contribution < -0.4 is 0 Å². The lowest BCUT2D eigenvalue weighted by Gasteiger charge is -2.03. The van der Waals surface area contributed by atoms with Crippen LogP contribution in [0.25, 0.3) is 0 Å². The van der Waals surface area contributed by atoms with Gasteiger partial charge in [0.2, 0.25) is 6.08 Å². The summed E-state index contributed by atoms with van der Waals surface area (Å²) in [5, 5.41) is -0.273. The van der Waals surface area contributed by atoms with Gasteiger partial charge in [-0.15, -0.1) is 0 Å². The topological polar surface area (TPSA) is 63.6 Å². The number of nitrogens with zero attached hydrogens (tertiary/aromatic N) is 1. The Hall–Kier alpha value is -0.930. The van der Waals surface area contributed by atoms with Gasteiger partial charge in [0.15, 0.2) is 9.84 Å². The van der Waals surface area contributed by atoms with Crippen molar-refractivity contribution in [2.75, 3.05) is 5.75 Å². The molecule has 4 nitrogen and oxygen atoms in total. The van der Waals surface area contributed by atoms with Crippen molar-refractivity contribution in [3.05, 3.63) is 12.3 Å². The van der Waals surface area contributed by atoms with E-state index in [1.165, 1.54) is 12.3 Å². The van der Waals surface area contributed by atoms with Crippen LogP contribution in [0.1, 0.15) is 19.3 Å². The highest BCUT2D eigenvalue weighted by Crippen LogP contribution is 2.22. The summed E-state index contributed by atoms with van der Waals surface area (Å²) < 4.78 is 22.6. The van der Waals surface area contributed by atoms with Crippen LogP contribution in [-0.4, -0.2) is 25.5 Å². The third kappa shape index (κ3) is 2.79. The molecule has 1 saturated heterocycles. The molecule has 1 aliphatic rings. The molecule has 0 aromatic carbocycles. The number of allylic oxidation sites excluding steroid dienone is 1. The molecule has 0 bridgehead atoms. The standard InChI is InChI=1S/C8H11NO3S/c10-7-9-5-1-3-8-4-2-6-13(8,11)12/h1,5,8H,2-4,6H2/b5-1-. The second kappa shape index (κ2) is 4.35. The van der Waals surface area contributed by atoms with Crippen LogP contribution in [0, 0.1) is 0 Å². The Labute approximate surface area is 77.3 Å². The summed E-state index contributed by atoms with van der Waals surface area (Å²) >= 11 is 0. The van der Waals surface area contributed by atoms with E-state index in [0.717, 1.165) is 12.8 Å². The van der Waals surface area contributed by atoms with Gasteiger partial charge in [-0.25, -0.2) is 13.2 Å². The molecule has 0 aliphatic carbocycles. The molecule has 1 unspecified atom stereocenters. The molecule has 72 valence electrons. The lowest BCUT2D eigenvalue weighted by molar-refractivity contribution is 0.565. The first-order chi connectivity index (χ1) is 6.17. The maximum absolute atomic E-state index is 11.3. The number of isocyanates is 1. The minimum absolute atomic E-state index is 0.273. The van der Waals surface area contributed by atoms with Gasteiger partial charge in [0.1, 0.15) is 0 Å². The number of aliphatic imine (C=N–C) groups is 1. The molecule has 0 radical (unpaired) electrons. The third-order valence-corrected chi connectivity index (χ3v) is 4.40. The molecule has 1 heterocycles. The van der Waals surface area contributed by atoms with Crippen LogP contribution in [0.4, 0.5) is 0 Å². The molecule has 1 aliphatic heterocycles. The molecule has 0 saturated carbocycles. The van der Waals surface area contributed by atoms with Gasteiger partial charge in [-0.1, -0.05) is 6.08 Å². The zero-order valence-corrected chi connectivity index (χ0v) is 7.96. The molecule has 0 aromatic heterocycles. The lowest BCUT2D eigenvalue weighted by Crippen LogP contribution is -2.14. The van der Waals surface area contributed by atoms with E-state index in [0.29, 0.717) is 12.2 Å². The van der Waals surface area contributed by atoms with E-state index in [9.17, 15) is 13.2 Å². The fourth-order valence-corrected chi connectivity index (χ4v) is 3.25. The molecule has 5 heteroatoms.